The predicted molar refractivity (Wildman–Crippen MR) is 87.7 cm³/mol. The molecule has 1 aliphatic rings. The quantitative estimate of drug-likeness (QED) is 0.736. The molecule has 0 bridgehead atoms. The minimum absolute atomic E-state index is 0.0901. The zero-order valence-electron chi connectivity index (χ0n) is 13.1. The van der Waals surface area contributed by atoms with Gasteiger partial charge in [0.15, 0.2) is 0 Å². The van der Waals surface area contributed by atoms with Gasteiger partial charge in [0, 0.05) is 36.2 Å². The van der Waals surface area contributed by atoms with Crippen molar-refractivity contribution in [2.24, 2.45) is 5.92 Å². The molecule has 1 aromatic heterocycles. The highest BCUT2D eigenvalue weighted by Crippen LogP contribution is 2.34. The molecule has 1 fully saturated rings. The number of aliphatic hydroxyl groups is 1. The van der Waals surface area contributed by atoms with E-state index in [1.807, 2.05) is 6.20 Å². The number of aromatic amines is 1. The van der Waals surface area contributed by atoms with Crippen LogP contribution < -0.4 is 5.32 Å². The van der Waals surface area contributed by atoms with E-state index in [1.54, 1.807) is 0 Å². The molecule has 0 aliphatic heterocycles. The number of amides is 1. The number of carbonyl (C=O) groups excluding carboxylic acids is 1. The number of benzene rings is 1. The Balaban J connectivity index is 1.58. The number of hydrogen-bond donors (Lipinski definition) is 3. The molecular formula is C18H24N2O2. The molecule has 1 saturated carbocycles. The molecule has 1 aromatic carbocycles. The van der Waals surface area contributed by atoms with Crippen molar-refractivity contribution in [2.45, 2.75) is 45.1 Å². The van der Waals surface area contributed by atoms with E-state index >= 15 is 0 Å². The monoisotopic (exact) mass is 300 g/mol. The molecule has 1 unspecified atom stereocenters. The largest absolute Gasteiger partial charge is 0.396 e. The maximum atomic E-state index is 12.2. The molecule has 1 aliphatic carbocycles. The van der Waals surface area contributed by atoms with Crippen LogP contribution in [-0.2, 0) is 11.2 Å². The van der Waals surface area contributed by atoms with E-state index < -0.39 is 0 Å². The summed E-state index contributed by atoms with van der Waals surface area (Å²) in [6, 6.07) is 6.49. The van der Waals surface area contributed by atoms with E-state index in [9.17, 15) is 4.79 Å². The first kappa shape index (κ1) is 15.1. The van der Waals surface area contributed by atoms with Gasteiger partial charge in [0.2, 0.25) is 5.91 Å². The van der Waals surface area contributed by atoms with Gasteiger partial charge in [0.25, 0.3) is 0 Å². The van der Waals surface area contributed by atoms with Gasteiger partial charge in [0.05, 0.1) is 0 Å². The first-order valence-electron chi connectivity index (χ1n) is 8.14. The maximum Gasteiger partial charge on any atom is 0.220 e. The summed E-state index contributed by atoms with van der Waals surface area (Å²) in [5.74, 6) is 0.666. The van der Waals surface area contributed by atoms with Crippen LogP contribution in [-0.4, -0.2) is 28.6 Å². The predicted octanol–water partition coefficient (Wildman–Crippen LogP) is 2.69. The van der Waals surface area contributed by atoms with Crippen molar-refractivity contribution in [3.8, 4) is 0 Å². The van der Waals surface area contributed by atoms with Crippen molar-refractivity contribution in [1.29, 1.82) is 0 Å². The summed E-state index contributed by atoms with van der Waals surface area (Å²) in [6.45, 7) is 2.22. The highest BCUT2D eigenvalue weighted by atomic mass is 16.3. The van der Waals surface area contributed by atoms with Crippen molar-refractivity contribution in [3.63, 3.8) is 0 Å². The van der Waals surface area contributed by atoms with Gasteiger partial charge in [-0.05, 0) is 56.2 Å². The Morgan fingerprint density at radius 2 is 2.27 bits per heavy atom. The number of aliphatic hydroxyl groups excluding tert-OH is 1. The van der Waals surface area contributed by atoms with Crippen LogP contribution in [0, 0.1) is 12.8 Å². The number of rotatable bonds is 7. The van der Waals surface area contributed by atoms with E-state index in [2.05, 4.69) is 35.4 Å². The SMILES string of the molecule is Cc1ccc2[nH]cc(CCC(=O)NC(CCO)C3CC3)c2c1. The maximum absolute atomic E-state index is 12.2. The van der Waals surface area contributed by atoms with E-state index in [1.165, 1.54) is 29.4 Å². The second-order valence-electron chi connectivity index (χ2n) is 6.39. The molecule has 3 rings (SSSR count). The Hall–Kier alpha value is -1.81. The second kappa shape index (κ2) is 6.53. The highest BCUT2D eigenvalue weighted by molar-refractivity contribution is 5.85. The van der Waals surface area contributed by atoms with Crippen LogP contribution in [0.15, 0.2) is 24.4 Å². The third-order valence-corrected chi connectivity index (χ3v) is 4.52. The molecule has 1 amide bonds. The molecule has 22 heavy (non-hydrogen) atoms. The molecule has 3 N–H and O–H groups in total. The lowest BCUT2D eigenvalue weighted by Gasteiger charge is -2.17. The fourth-order valence-electron chi connectivity index (χ4n) is 3.09. The lowest BCUT2D eigenvalue weighted by Crippen LogP contribution is -2.37. The van der Waals surface area contributed by atoms with E-state index in [0.717, 1.165) is 11.9 Å². The van der Waals surface area contributed by atoms with Gasteiger partial charge in [0.1, 0.15) is 0 Å². The lowest BCUT2D eigenvalue weighted by molar-refractivity contribution is -0.122. The second-order valence-corrected chi connectivity index (χ2v) is 6.39. The van der Waals surface area contributed by atoms with Crippen LogP contribution in [0.5, 0.6) is 0 Å². The number of aromatic nitrogens is 1. The number of aryl methyl sites for hydroxylation is 2. The topological polar surface area (TPSA) is 65.1 Å². The van der Waals surface area contributed by atoms with Crippen LogP contribution in [0.2, 0.25) is 0 Å². The fourth-order valence-corrected chi connectivity index (χ4v) is 3.09. The fraction of sp³-hybridized carbons (Fsp3) is 0.500. The molecular weight excluding hydrogens is 276 g/mol. The summed E-state index contributed by atoms with van der Waals surface area (Å²) < 4.78 is 0. The van der Waals surface area contributed by atoms with Crippen molar-refractivity contribution in [1.82, 2.24) is 10.3 Å². The molecule has 0 saturated heterocycles. The Labute approximate surface area is 130 Å². The van der Waals surface area contributed by atoms with Crippen molar-refractivity contribution >= 4 is 16.8 Å². The van der Waals surface area contributed by atoms with E-state index in [0.29, 0.717) is 18.8 Å². The summed E-state index contributed by atoms with van der Waals surface area (Å²) in [5, 5.41) is 13.4. The van der Waals surface area contributed by atoms with Gasteiger partial charge >= 0.3 is 0 Å². The lowest BCUT2D eigenvalue weighted by atomic mass is 10.1. The Bertz CT molecular complexity index is 658. The summed E-state index contributed by atoms with van der Waals surface area (Å²) in [4.78, 5) is 15.4. The van der Waals surface area contributed by atoms with Gasteiger partial charge in [-0.15, -0.1) is 0 Å². The summed E-state index contributed by atoms with van der Waals surface area (Å²) in [6.07, 6.45) is 6.26. The molecule has 0 spiro atoms. The summed E-state index contributed by atoms with van der Waals surface area (Å²) >= 11 is 0. The number of nitrogens with one attached hydrogen (secondary N) is 2. The van der Waals surface area contributed by atoms with Gasteiger partial charge in [-0.3, -0.25) is 4.79 Å². The molecule has 1 atom stereocenters. The van der Waals surface area contributed by atoms with Gasteiger partial charge in [-0.25, -0.2) is 0 Å². The Morgan fingerprint density at radius 3 is 3.00 bits per heavy atom. The van der Waals surface area contributed by atoms with Gasteiger partial charge in [-0.2, -0.15) is 0 Å². The van der Waals surface area contributed by atoms with Crippen LogP contribution in [0.4, 0.5) is 0 Å². The van der Waals surface area contributed by atoms with Crippen LogP contribution in [0.3, 0.4) is 0 Å². The zero-order valence-corrected chi connectivity index (χ0v) is 13.1. The van der Waals surface area contributed by atoms with Crippen LogP contribution >= 0.6 is 0 Å². The zero-order chi connectivity index (χ0) is 15.5. The van der Waals surface area contributed by atoms with Crippen molar-refractivity contribution < 1.29 is 9.90 Å². The Kier molecular flexibility index (Phi) is 4.48. The van der Waals surface area contributed by atoms with Gasteiger partial charge < -0.3 is 15.4 Å². The molecule has 118 valence electrons. The van der Waals surface area contributed by atoms with E-state index in [4.69, 9.17) is 5.11 Å². The van der Waals surface area contributed by atoms with E-state index in [-0.39, 0.29) is 18.6 Å². The number of H-pyrrole nitrogens is 1. The molecule has 4 heteroatoms. The number of hydrogen-bond acceptors (Lipinski definition) is 2. The normalized spacial score (nSPS) is 15.9. The molecule has 0 radical (unpaired) electrons. The van der Waals surface area contributed by atoms with Crippen LogP contribution in [0.1, 0.15) is 36.8 Å². The highest BCUT2D eigenvalue weighted by Gasteiger charge is 2.31. The van der Waals surface area contributed by atoms with Gasteiger partial charge in [-0.1, -0.05) is 11.6 Å². The number of carbonyl (C=O) groups is 1. The third-order valence-electron chi connectivity index (χ3n) is 4.52. The molecule has 2 aromatic rings. The first-order valence-corrected chi connectivity index (χ1v) is 8.14. The third kappa shape index (κ3) is 3.50. The smallest absolute Gasteiger partial charge is 0.220 e. The first-order chi connectivity index (χ1) is 10.7. The van der Waals surface area contributed by atoms with Crippen LogP contribution in [0.25, 0.3) is 10.9 Å². The minimum atomic E-state index is 0.0901. The summed E-state index contributed by atoms with van der Waals surface area (Å²) in [5.41, 5.74) is 3.55. The number of fused-ring (bicyclic) bond motifs is 1. The average molecular weight is 300 g/mol. The summed E-state index contributed by atoms with van der Waals surface area (Å²) in [7, 11) is 0. The van der Waals surface area contributed by atoms with Crippen molar-refractivity contribution in [2.75, 3.05) is 6.61 Å². The Morgan fingerprint density at radius 1 is 1.45 bits per heavy atom. The standard InChI is InChI=1S/C18H24N2O2/c1-12-2-6-17-15(10-12)14(11-19-17)5-7-18(22)20-16(8-9-21)13-3-4-13/h2,6,10-11,13,16,19,21H,3-5,7-9H2,1H3,(H,20,22). The minimum Gasteiger partial charge on any atom is -0.396 e. The average Bonchev–Trinajstić information content (AvgIpc) is 3.27. The van der Waals surface area contributed by atoms with Crippen molar-refractivity contribution in [3.05, 3.63) is 35.5 Å². The molecule has 1 heterocycles. The molecule has 4 nitrogen and oxygen atoms in total.